The Labute approximate surface area is 409 Å². The monoisotopic (exact) mass is 977 g/mol. The Morgan fingerprint density at radius 1 is 0.957 bits per heavy atom. The molecule has 3 aromatic carbocycles. The molecule has 2 amide bonds. The van der Waals surface area contributed by atoms with E-state index in [0.717, 1.165) is 41.0 Å². The number of aromatic nitrogens is 6. The summed E-state index contributed by atoms with van der Waals surface area (Å²) in [5.74, 6) is 6.44. The van der Waals surface area contributed by atoms with Crippen molar-refractivity contribution in [1.82, 2.24) is 40.6 Å². The third-order valence-electron chi connectivity index (χ3n) is 10.7. The van der Waals surface area contributed by atoms with Gasteiger partial charge in [-0.05, 0) is 98.3 Å². The number of rotatable bonds is 19. The standard InChI is InChI=1S/C29H30F2N4O5.C19H21N7OS.C2H6/c1-18-6-9-24(34-25(18)19-4-3-5-20(16-19)26(36)33-13-15-38-14-12-32-2)35-27(37)28(10-11-28)21-7-8-22-23(17-21)40-29(30,31)39-22;1-2-12-28-19-22-17(21-10-9-20)16-18(23-19)26(25-24-16)13-15-7-5-14(6-8-15)4-3-11-27;1-2/h3-9,16-17,32H,10-15H2,1-2H3,(H,33,36)(H,34,35,37);5-8,11H,2,9-10,12-13,20H2,1H3,(H,21,22,23);1-2H3. The number of pyridine rings is 1. The highest BCUT2D eigenvalue weighted by Gasteiger charge is 2.53. The molecule has 0 spiro atoms. The molecule has 4 heterocycles. The topological polar surface area (TPSA) is 222 Å². The van der Waals surface area contributed by atoms with Gasteiger partial charge in [0.15, 0.2) is 39.9 Å². The number of likely N-dealkylation sites (N-methyl/N-ethyl adjacent to an activating group) is 1. The highest BCUT2D eigenvalue weighted by molar-refractivity contribution is 7.99. The Balaban J connectivity index is 0.000000235. The summed E-state index contributed by atoms with van der Waals surface area (Å²) in [6, 6.07) is 22.7. The van der Waals surface area contributed by atoms with Crippen molar-refractivity contribution in [3.63, 3.8) is 0 Å². The van der Waals surface area contributed by atoms with E-state index < -0.39 is 11.7 Å². The van der Waals surface area contributed by atoms with Crippen LogP contribution in [0.2, 0.25) is 0 Å². The zero-order valence-corrected chi connectivity index (χ0v) is 40.6. The van der Waals surface area contributed by atoms with Gasteiger partial charge in [-0.2, -0.15) is 0 Å². The van der Waals surface area contributed by atoms with Gasteiger partial charge < -0.3 is 41.2 Å². The molecule has 0 radical (unpaired) electrons. The Bertz CT molecular complexity index is 2810. The predicted octanol–water partition coefficient (Wildman–Crippen LogP) is 6.73. The summed E-state index contributed by atoms with van der Waals surface area (Å²) in [6.07, 6.45) is -0.981. The first kappa shape index (κ1) is 52.3. The van der Waals surface area contributed by atoms with E-state index in [4.69, 9.17) is 10.5 Å². The van der Waals surface area contributed by atoms with Crippen molar-refractivity contribution in [3.05, 3.63) is 107 Å². The van der Waals surface area contributed by atoms with E-state index in [0.29, 0.717) is 103 Å². The number of thioether (sulfide) groups is 1. The van der Waals surface area contributed by atoms with Crippen LogP contribution in [-0.2, 0) is 26.3 Å². The molecule has 2 aliphatic rings. The second-order valence-corrected chi connectivity index (χ2v) is 16.8. The number of amides is 2. The minimum Gasteiger partial charge on any atom is -0.395 e. The Kier molecular flexibility index (Phi) is 18.7. The van der Waals surface area contributed by atoms with Crippen molar-refractivity contribution in [1.29, 1.82) is 0 Å². The first-order valence-electron chi connectivity index (χ1n) is 23.0. The van der Waals surface area contributed by atoms with Gasteiger partial charge >= 0.3 is 6.29 Å². The van der Waals surface area contributed by atoms with Crippen molar-refractivity contribution < 1.29 is 37.4 Å². The van der Waals surface area contributed by atoms with Crippen LogP contribution in [0.3, 0.4) is 0 Å². The third kappa shape index (κ3) is 13.6. The zero-order valence-electron chi connectivity index (χ0n) is 39.7. The van der Waals surface area contributed by atoms with E-state index in [9.17, 15) is 23.2 Å². The quantitative estimate of drug-likeness (QED) is 0.0187. The number of aldehydes is 1. The molecular formula is C50H57F2N11O6S. The van der Waals surface area contributed by atoms with E-state index in [-0.39, 0.29) is 23.3 Å². The summed E-state index contributed by atoms with van der Waals surface area (Å²) in [7, 11) is 1.84. The summed E-state index contributed by atoms with van der Waals surface area (Å²) < 4.78 is 43.1. The molecule has 70 heavy (non-hydrogen) atoms. The second kappa shape index (κ2) is 25.0. The van der Waals surface area contributed by atoms with Gasteiger partial charge in [-0.15, -0.1) is 13.9 Å². The lowest BCUT2D eigenvalue weighted by Gasteiger charge is -2.17. The summed E-state index contributed by atoms with van der Waals surface area (Å²) in [5.41, 5.74) is 11.1. The molecule has 1 aliphatic heterocycles. The molecule has 0 bridgehead atoms. The molecular weight excluding hydrogens is 921 g/mol. The fourth-order valence-corrected chi connectivity index (χ4v) is 7.76. The van der Waals surface area contributed by atoms with Crippen molar-refractivity contribution >= 4 is 52.7 Å². The van der Waals surface area contributed by atoms with Crippen molar-refractivity contribution in [2.24, 2.45) is 5.73 Å². The summed E-state index contributed by atoms with van der Waals surface area (Å²) in [6.45, 7) is 11.7. The van der Waals surface area contributed by atoms with Gasteiger partial charge in [-0.1, -0.05) is 80.1 Å². The highest BCUT2D eigenvalue weighted by atomic mass is 32.2. The number of nitrogens with two attached hydrogens (primary N) is 1. The van der Waals surface area contributed by atoms with Gasteiger partial charge in [0.2, 0.25) is 5.91 Å². The van der Waals surface area contributed by atoms with Gasteiger partial charge in [0.05, 0.1) is 30.9 Å². The van der Waals surface area contributed by atoms with Crippen LogP contribution in [0.1, 0.15) is 72.6 Å². The van der Waals surface area contributed by atoms with E-state index in [1.807, 2.05) is 64.2 Å². The van der Waals surface area contributed by atoms with Crippen LogP contribution in [0, 0.1) is 18.8 Å². The lowest BCUT2D eigenvalue weighted by atomic mass is 9.94. The number of carbonyl (C=O) groups excluding carboxylic acids is 3. The van der Waals surface area contributed by atoms with E-state index in [2.05, 4.69) is 74.8 Å². The Morgan fingerprint density at radius 3 is 2.46 bits per heavy atom. The van der Waals surface area contributed by atoms with Crippen LogP contribution in [-0.4, -0.2) is 107 Å². The zero-order chi connectivity index (χ0) is 50.1. The van der Waals surface area contributed by atoms with Crippen LogP contribution >= 0.6 is 11.8 Å². The van der Waals surface area contributed by atoms with Gasteiger partial charge in [0, 0.05) is 48.6 Å². The van der Waals surface area contributed by atoms with E-state index >= 15 is 0 Å². The smallest absolute Gasteiger partial charge is 0.395 e. The highest BCUT2D eigenvalue weighted by Crippen LogP contribution is 2.52. The van der Waals surface area contributed by atoms with Crippen LogP contribution in [0.5, 0.6) is 11.5 Å². The van der Waals surface area contributed by atoms with Gasteiger partial charge in [-0.3, -0.25) is 14.4 Å². The Morgan fingerprint density at radius 2 is 1.73 bits per heavy atom. The molecule has 0 atom stereocenters. The molecule has 0 saturated heterocycles. The summed E-state index contributed by atoms with van der Waals surface area (Å²) in [5, 5.41) is 21.1. The summed E-state index contributed by atoms with van der Waals surface area (Å²) in [4.78, 5) is 50.2. The molecule has 368 valence electrons. The fraction of sp³-hybridized carbons (Fsp3) is 0.360. The van der Waals surface area contributed by atoms with Crippen molar-refractivity contribution in [2.45, 2.75) is 70.4 Å². The molecule has 0 unspecified atom stereocenters. The lowest BCUT2D eigenvalue weighted by Crippen LogP contribution is -2.28. The molecule has 1 fully saturated rings. The number of hydrogen-bond donors (Lipinski definition) is 5. The largest absolute Gasteiger partial charge is 0.586 e. The maximum Gasteiger partial charge on any atom is 0.586 e. The molecule has 3 aromatic heterocycles. The first-order chi connectivity index (χ1) is 33.9. The normalized spacial score (nSPS) is 13.4. The number of hydrogen-bond acceptors (Lipinski definition) is 15. The number of fused-ring (bicyclic) bond motifs is 2. The van der Waals surface area contributed by atoms with Crippen LogP contribution in [0.15, 0.2) is 84.0 Å². The molecule has 6 aromatic rings. The number of aryl methyl sites for hydroxylation is 1. The minimum absolute atomic E-state index is 0.0661. The molecule has 1 saturated carbocycles. The Hall–Kier alpha value is -7.05. The van der Waals surface area contributed by atoms with Crippen LogP contribution in [0.25, 0.3) is 22.4 Å². The number of anilines is 2. The minimum atomic E-state index is -3.72. The van der Waals surface area contributed by atoms with Gasteiger partial charge in [-0.25, -0.2) is 19.6 Å². The molecule has 17 nitrogen and oxygen atoms in total. The predicted molar refractivity (Wildman–Crippen MR) is 265 cm³/mol. The number of ether oxygens (including phenoxy) is 3. The molecule has 1 aliphatic carbocycles. The lowest BCUT2D eigenvalue weighted by molar-refractivity contribution is -0.286. The SMILES string of the molecule is CC.CCCSc1nc(NCCN)c2nnn(Cc3ccc(C#CC=O)cc3)c2n1.CNCCOCCNC(=O)c1cccc(-c2nc(NC(=O)C3(c4ccc5c(c4)OC(F)(F)O5)CC3)ccc2C)c1. The van der Waals surface area contributed by atoms with E-state index in [1.54, 1.807) is 46.8 Å². The van der Waals surface area contributed by atoms with E-state index in [1.165, 1.54) is 12.1 Å². The second-order valence-electron chi connectivity index (χ2n) is 15.7. The number of nitrogens with zero attached hydrogens (tertiary/aromatic N) is 6. The number of benzene rings is 3. The maximum atomic E-state index is 13.5. The maximum absolute atomic E-state index is 13.5. The van der Waals surface area contributed by atoms with Crippen molar-refractivity contribution in [2.75, 3.05) is 62.8 Å². The van der Waals surface area contributed by atoms with Crippen molar-refractivity contribution in [3.8, 4) is 34.6 Å². The molecule has 6 N–H and O–H groups in total. The average molecular weight is 978 g/mol. The number of nitrogens with one attached hydrogen (secondary N) is 4. The average Bonchev–Trinajstić information content (AvgIpc) is 4.00. The molecule has 8 rings (SSSR count). The third-order valence-corrected chi connectivity index (χ3v) is 11.7. The first-order valence-corrected chi connectivity index (χ1v) is 24.0. The fourth-order valence-electron chi connectivity index (χ4n) is 7.06. The van der Waals surface area contributed by atoms with Gasteiger partial charge in [0.25, 0.3) is 5.91 Å². The van der Waals surface area contributed by atoms with Crippen LogP contribution in [0.4, 0.5) is 20.4 Å². The van der Waals surface area contributed by atoms with Crippen LogP contribution < -0.4 is 36.5 Å². The summed E-state index contributed by atoms with van der Waals surface area (Å²) >= 11 is 1.60. The number of carbonyl (C=O) groups is 3. The van der Waals surface area contributed by atoms with Gasteiger partial charge in [0.1, 0.15) is 5.82 Å². The number of halogens is 2. The molecule has 20 heteroatoms. The number of alkyl halides is 2.